The van der Waals surface area contributed by atoms with Gasteiger partial charge < -0.3 is 5.41 Å². The Morgan fingerprint density at radius 1 is 1.50 bits per heavy atom. The van der Waals surface area contributed by atoms with Crippen molar-refractivity contribution < 1.29 is 4.39 Å². The highest BCUT2D eigenvalue weighted by atomic mass is 19.1. The lowest BCUT2D eigenvalue weighted by Gasteiger charge is -1.99. The molecule has 0 radical (unpaired) electrons. The average Bonchev–Trinajstić information content (AvgIpc) is 2.05. The van der Waals surface area contributed by atoms with Crippen molar-refractivity contribution in [2.75, 3.05) is 0 Å². The van der Waals surface area contributed by atoms with Gasteiger partial charge >= 0.3 is 0 Å². The first kappa shape index (κ1) is 8.41. The molecule has 60 valence electrons. The molecule has 0 atom stereocenters. The lowest BCUT2D eigenvalue weighted by atomic mass is 10.1. The van der Waals surface area contributed by atoms with Crippen LogP contribution in [0.4, 0.5) is 4.39 Å². The van der Waals surface area contributed by atoms with E-state index in [0.717, 1.165) is 0 Å². The quantitative estimate of drug-likeness (QED) is 0.665. The number of halogens is 1. The van der Waals surface area contributed by atoms with Crippen molar-refractivity contribution in [1.82, 2.24) is 0 Å². The van der Waals surface area contributed by atoms with Crippen LogP contribution < -0.4 is 0 Å². The predicted molar refractivity (Wildman–Crippen MR) is 43.5 cm³/mol. The van der Waals surface area contributed by atoms with E-state index in [1.807, 2.05) is 0 Å². The van der Waals surface area contributed by atoms with Crippen LogP contribution in [0.3, 0.4) is 0 Å². The van der Waals surface area contributed by atoms with Crippen LogP contribution in [0.15, 0.2) is 24.3 Å². The summed E-state index contributed by atoms with van der Waals surface area (Å²) in [4.78, 5) is 0. The van der Waals surface area contributed by atoms with Gasteiger partial charge in [-0.15, -0.1) is 0 Å². The molecule has 12 heavy (non-hydrogen) atoms. The Labute approximate surface area is 69.8 Å². The van der Waals surface area contributed by atoms with Crippen LogP contribution >= 0.6 is 0 Å². The molecule has 0 aromatic heterocycles. The first-order valence-electron chi connectivity index (χ1n) is 3.45. The van der Waals surface area contributed by atoms with E-state index in [1.165, 1.54) is 12.1 Å². The van der Waals surface area contributed by atoms with Gasteiger partial charge in [0.15, 0.2) is 0 Å². The van der Waals surface area contributed by atoms with Gasteiger partial charge in [-0.25, -0.2) is 4.39 Å². The minimum Gasteiger partial charge on any atom is -0.303 e. The zero-order valence-corrected chi connectivity index (χ0v) is 6.34. The van der Waals surface area contributed by atoms with Gasteiger partial charge in [-0.2, -0.15) is 5.26 Å². The standard InChI is InChI=1S/C9H7FN2/c10-8-4-2-1-3-7(8)9(12)5-6-11/h1-4,12H,5H2. The van der Waals surface area contributed by atoms with Crippen LogP contribution in [0.1, 0.15) is 12.0 Å². The molecule has 0 bridgehead atoms. The number of nitrogens with zero attached hydrogens (tertiary/aromatic N) is 1. The molecule has 1 aromatic rings. The van der Waals surface area contributed by atoms with Crippen LogP contribution in [0.2, 0.25) is 0 Å². The highest BCUT2D eigenvalue weighted by Gasteiger charge is 2.05. The first-order chi connectivity index (χ1) is 5.75. The highest BCUT2D eigenvalue weighted by Crippen LogP contribution is 2.08. The van der Waals surface area contributed by atoms with Crippen molar-refractivity contribution in [2.45, 2.75) is 6.42 Å². The molecule has 2 nitrogen and oxygen atoms in total. The maximum Gasteiger partial charge on any atom is 0.132 e. The highest BCUT2D eigenvalue weighted by molar-refractivity contribution is 5.99. The number of hydrogen-bond donors (Lipinski definition) is 1. The molecule has 0 aliphatic rings. The monoisotopic (exact) mass is 162 g/mol. The van der Waals surface area contributed by atoms with E-state index in [1.54, 1.807) is 18.2 Å². The Bertz CT molecular complexity index is 339. The Morgan fingerprint density at radius 3 is 2.75 bits per heavy atom. The maximum atomic E-state index is 12.9. The third kappa shape index (κ3) is 1.67. The summed E-state index contributed by atoms with van der Waals surface area (Å²) < 4.78 is 12.9. The topological polar surface area (TPSA) is 47.6 Å². The van der Waals surface area contributed by atoms with E-state index in [0.29, 0.717) is 0 Å². The van der Waals surface area contributed by atoms with Gasteiger partial charge in [0.05, 0.1) is 18.2 Å². The number of hydrogen-bond acceptors (Lipinski definition) is 2. The Hall–Kier alpha value is -1.69. The summed E-state index contributed by atoms with van der Waals surface area (Å²) in [6, 6.07) is 7.77. The minimum absolute atomic E-state index is 0.0237. The third-order valence-electron chi connectivity index (χ3n) is 1.45. The molecule has 1 N–H and O–H groups in total. The lowest BCUT2D eigenvalue weighted by molar-refractivity contribution is 0.625. The molecule has 0 aliphatic heterocycles. The maximum absolute atomic E-state index is 12.9. The van der Waals surface area contributed by atoms with E-state index in [9.17, 15) is 4.39 Å². The van der Waals surface area contributed by atoms with Gasteiger partial charge in [0.1, 0.15) is 5.82 Å². The van der Waals surface area contributed by atoms with E-state index in [-0.39, 0.29) is 17.7 Å². The van der Waals surface area contributed by atoms with Crippen molar-refractivity contribution in [2.24, 2.45) is 0 Å². The molecular formula is C9H7FN2. The van der Waals surface area contributed by atoms with Gasteiger partial charge in [0, 0.05) is 5.56 Å². The Kier molecular flexibility index (Phi) is 2.54. The van der Waals surface area contributed by atoms with Crippen LogP contribution in [0, 0.1) is 22.6 Å². The van der Waals surface area contributed by atoms with Gasteiger partial charge in [-0.05, 0) is 6.07 Å². The summed E-state index contributed by atoms with van der Waals surface area (Å²) in [5.41, 5.74) is 0.231. The second-order valence-electron chi connectivity index (χ2n) is 2.29. The van der Waals surface area contributed by atoms with Crippen molar-refractivity contribution in [3.63, 3.8) is 0 Å². The van der Waals surface area contributed by atoms with E-state index in [4.69, 9.17) is 10.7 Å². The largest absolute Gasteiger partial charge is 0.303 e. The number of rotatable bonds is 2. The molecule has 0 saturated heterocycles. The van der Waals surface area contributed by atoms with E-state index in [2.05, 4.69) is 0 Å². The zero-order chi connectivity index (χ0) is 8.97. The molecule has 0 aliphatic carbocycles. The van der Waals surface area contributed by atoms with Crippen molar-refractivity contribution in [1.29, 1.82) is 10.7 Å². The van der Waals surface area contributed by atoms with Crippen LogP contribution in [0.25, 0.3) is 0 Å². The zero-order valence-electron chi connectivity index (χ0n) is 6.34. The fraction of sp³-hybridized carbons (Fsp3) is 0.111. The summed E-state index contributed by atoms with van der Waals surface area (Å²) in [6.07, 6.45) is -0.0546. The van der Waals surface area contributed by atoms with Gasteiger partial charge in [-0.3, -0.25) is 0 Å². The number of benzene rings is 1. The summed E-state index contributed by atoms with van der Waals surface area (Å²) >= 11 is 0. The summed E-state index contributed by atoms with van der Waals surface area (Å²) in [6.45, 7) is 0. The van der Waals surface area contributed by atoms with E-state index >= 15 is 0 Å². The third-order valence-corrected chi connectivity index (χ3v) is 1.45. The van der Waals surface area contributed by atoms with Crippen LogP contribution in [0.5, 0.6) is 0 Å². The van der Waals surface area contributed by atoms with Crippen LogP contribution in [-0.4, -0.2) is 5.71 Å². The fourth-order valence-electron chi connectivity index (χ4n) is 0.880. The van der Waals surface area contributed by atoms with Crippen molar-refractivity contribution >= 4 is 5.71 Å². The second kappa shape index (κ2) is 3.63. The van der Waals surface area contributed by atoms with E-state index < -0.39 is 5.82 Å². The second-order valence-corrected chi connectivity index (χ2v) is 2.29. The summed E-state index contributed by atoms with van der Waals surface area (Å²) in [5, 5.41) is 15.6. The van der Waals surface area contributed by atoms with Gasteiger partial charge in [0.25, 0.3) is 0 Å². The predicted octanol–water partition coefficient (Wildman–Crippen LogP) is 2.11. The molecule has 1 rings (SSSR count). The van der Waals surface area contributed by atoms with Gasteiger partial charge in [-0.1, -0.05) is 18.2 Å². The molecule has 1 aromatic carbocycles. The first-order valence-corrected chi connectivity index (χ1v) is 3.45. The molecule has 3 heteroatoms. The SMILES string of the molecule is N#CCC(=N)c1ccccc1F. The number of nitriles is 1. The van der Waals surface area contributed by atoms with Crippen molar-refractivity contribution in [3.8, 4) is 6.07 Å². The lowest BCUT2D eigenvalue weighted by Crippen LogP contribution is -2.00. The molecule has 0 saturated carbocycles. The fourth-order valence-corrected chi connectivity index (χ4v) is 0.880. The minimum atomic E-state index is -0.447. The molecule has 0 heterocycles. The number of nitrogens with one attached hydrogen (secondary N) is 1. The molecule has 0 amide bonds. The molecule has 0 unspecified atom stereocenters. The van der Waals surface area contributed by atoms with Gasteiger partial charge in [0.2, 0.25) is 0 Å². The van der Waals surface area contributed by atoms with Crippen molar-refractivity contribution in [3.05, 3.63) is 35.6 Å². The summed E-state index contributed by atoms with van der Waals surface area (Å²) in [5.74, 6) is -0.447. The molecular weight excluding hydrogens is 155 g/mol. The Morgan fingerprint density at radius 2 is 2.17 bits per heavy atom. The summed E-state index contributed by atoms with van der Waals surface area (Å²) in [7, 11) is 0. The van der Waals surface area contributed by atoms with Crippen LogP contribution in [-0.2, 0) is 0 Å². The Balaban J connectivity index is 2.97. The average molecular weight is 162 g/mol. The molecule has 0 spiro atoms. The molecule has 0 fully saturated rings. The normalized spacial score (nSPS) is 9.00. The smallest absolute Gasteiger partial charge is 0.132 e.